The molecule has 5 rings (SSSR count). The molecule has 3 heterocycles. The van der Waals surface area contributed by atoms with Crippen molar-refractivity contribution in [3.8, 4) is 5.69 Å². The van der Waals surface area contributed by atoms with Gasteiger partial charge in [-0.1, -0.05) is 6.07 Å². The van der Waals surface area contributed by atoms with Gasteiger partial charge in [0.2, 0.25) is 5.91 Å². The topological polar surface area (TPSA) is 143 Å². The summed E-state index contributed by atoms with van der Waals surface area (Å²) in [5.41, 5.74) is 11.5. The number of aromatic nitrogens is 2. The first-order valence-electron chi connectivity index (χ1n) is 13.5. The fourth-order valence-corrected chi connectivity index (χ4v) is 5.55. The van der Waals surface area contributed by atoms with Crippen molar-refractivity contribution >= 4 is 30.2 Å². The van der Waals surface area contributed by atoms with E-state index in [4.69, 9.17) is 11.5 Å². The number of nitrogens with zero attached hydrogens (tertiary/aromatic N) is 5. The number of urea groups is 1. The van der Waals surface area contributed by atoms with Crippen LogP contribution in [0.3, 0.4) is 0 Å². The van der Waals surface area contributed by atoms with Crippen molar-refractivity contribution in [2.45, 2.75) is 44.2 Å². The first-order valence-corrected chi connectivity index (χ1v) is 13.5. The number of halogens is 2. The fraction of sp³-hybridized carbons (Fsp3) is 0.556. The second kappa shape index (κ2) is 11.4. The molecule has 3 fully saturated rings. The summed E-state index contributed by atoms with van der Waals surface area (Å²) in [7, 11) is 0. The number of nitrogens with two attached hydrogens (primary N) is 2. The average Bonchev–Trinajstić information content (AvgIpc) is 3.57. The third-order valence-corrected chi connectivity index (χ3v) is 8.05. The summed E-state index contributed by atoms with van der Waals surface area (Å²) in [4.78, 5) is 47.2. The molecule has 2 aromatic rings. The number of nitrogens with one attached hydrogen (secondary N) is 1. The van der Waals surface area contributed by atoms with Gasteiger partial charge in [0.05, 0.1) is 11.2 Å². The number of likely N-dealkylation sites (tertiary alicyclic amines) is 1. The standard InChI is InChI=1S/C27H37FN8O3.ClH/c1-26(2,29)23(37)34-11-13-35(14-12-34)24(38)31-22-7-10-36(25(39)32-22)20-4-3-18(21(28)15-20)5-8-33-9-6-19-16-27(19,30)17-33;/h3-4,7,10,15,19H,5-6,8-9,11-14,16-17,29-30H2,1-2H3,(H,31,32,38,39);1H. The molecule has 2 saturated heterocycles. The van der Waals surface area contributed by atoms with Crippen LogP contribution >= 0.6 is 12.4 Å². The molecule has 2 atom stereocenters. The van der Waals surface area contributed by atoms with Crippen molar-refractivity contribution in [2.24, 2.45) is 17.4 Å². The van der Waals surface area contributed by atoms with Gasteiger partial charge in [-0.15, -0.1) is 12.4 Å². The second-order valence-corrected chi connectivity index (χ2v) is 11.6. The Bertz CT molecular complexity index is 1320. The van der Waals surface area contributed by atoms with Crippen LogP contribution in [0.2, 0.25) is 0 Å². The number of rotatable bonds is 6. The molecule has 13 heteroatoms. The number of hydrogen-bond donors (Lipinski definition) is 3. The van der Waals surface area contributed by atoms with Gasteiger partial charge in [-0.2, -0.15) is 4.98 Å². The summed E-state index contributed by atoms with van der Waals surface area (Å²) in [5.74, 6) is 0.196. The van der Waals surface area contributed by atoms with Crippen LogP contribution in [0.1, 0.15) is 32.3 Å². The van der Waals surface area contributed by atoms with Gasteiger partial charge in [0, 0.05) is 51.0 Å². The smallest absolute Gasteiger partial charge is 0.338 e. The lowest BCUT2D eigenvalue weighted by molar-refractivity contribution is -0.137. The molecule has 1 saturated carbocycles. The number of benzene rings is 1. The summed E-state index contributed by atoms with van der Waals surface area (Å²) in [6, 6.07) is 5.80. The number of piperazine rings is 1. The van der Waals surface area contributed by atoms with Crippen molar-refractivity contribution in [2.75, 3.05) is 51.1 Å². The summed E-state index contributed by atoms with van der Waals surface area (Å²) < 4.78 is 16.1. The number of anilines is 1. The van der Waals surface area contributed by atoms with Crippen molar-refractivity contribution in [1.82, 2.24) is 24.3 Å². The zero-order valence-electron chi connectivity index (χ0n) is 22.9. The number of piperidine rings is 1. The Kier molecular flexibility index (Phi) is 8.55. The summed E-state index contributed by atoms with van der Waals surface area (Å²) >= 11 is 0. The van der Waals surface area contributed by atoms with Crippen molar-refractivity contribution in [3.63, 3.8) is 0 Å². The molecule has 5 N–H and O–H groups in total. The molecule has 1 aromatic carbocycles. The van der Waals surface area contributed by atoms with Crippen LogP contribution in [-0.4, -0.2) is 93.1 Å². The van der Waals surface area contributed by atoms with Crippen LogP contribution in [-0.2, 0) is 11.2 Å². The minimum absolute atomic E-state index is 0. The Balaban J connectivity index is 0.00000370. The van der Waals surface area contributed by atoms with Crippen molar-refractivity contribution < 1.29 is 14.0 Å². The fourth-order valence-electron chi connectivity index (χ4n) is 5.55. The molecule has 3 aliphatic rings. The summed E-state index contributed by atoms with van der Waals surface area (Å²) in [6.07, 6.45) is 4.22. The molecule has 2 unspecified atom stereocenters. The molecule has 218 valence electrons. The second-order valence-electron chi connectivity index (χ2n) is 11.6. The van der Waals surface area contributed by atoms with E-state index in [1.807, 2.05) is 0 Å². The number of carbonyl (C=O) groups excluding carboxylic acids is 2. The Morgan fingerprint density at radius 2 is 1.85 bits per heavy atom. The van der Waals surface area contributed by atoms with Crippen LogP contribution < -0.4 is 22.5 Å². The van der Waals surface area contributed by atoms with Gasteiger partial charge in [-0.25, -0.2) is 14.0 Å². The SMILES string of the molecule is CC(C)(N)C(=O)N1CCN(C(=O)Nc2ccn(-c3ccc(CCN4CCC5CC5(N)C4)c(F)c3)c(=O)n2)CC1.Cl. The number of fused-ring (bicyclic) bond motifs is 1. The highest BCUT2D eigenvalue weighted by molar-refractivity contribution is 5.89. The van der Waals surface area contributed by atoms with Crippen molar-refractivity contribution in [1.29, 1.82) is 0 Å². The van der Waals surface area contributed by atoms with Crippen molar-refractivity contribution in [3.05, 3.63) is 52.3 Å². The zero-order chi connectivity index (χ0) is 27.9. The maximum absolute atomic E-state index is 14.9. The van der Waals surface area contributed by atoms with Crippen LogP contribution in [0.4, 0.5) is 15.0 Å². The molecule has 3 amide bonds. The molecular formula is C27H38ClFN8O3. The number of amides is 3. The molecule has 1 aliphatic carbocycles. The lowest BCUT2D eigenvalue weighted by atomic mass is 10.1. The lowest BCUT2D eigenvalue weighted by Gasteiger charge is -2.37. The maximum atomic E-state index is 14.9. The third kappa shape index (κ3) is 6.46. The molecule has 1 aromatic heterocycles. The predicted molar refractivity (Wildman–Crippen MR) is 152 cm³/mol. The van der Waals surface area contributed by atoms with Gasteiger partial charge in [0.25, 0.3) is 0 Å². The quantitative estimate of drug-likeness (QED) is 0.468. The summed E-state index contributed by atoms with van der Waals surface area (Å²) in [6.45, 7) is 7.32. The van der Waals surface area contributed by atoms with Crippen LogP contribution in [0.25, 0.3) is 5.69 Å². The molecule has 0 bridgehead atoms. The van der Waals surface area contributed by atoms with E-state index in [0.29, 0.717) is 49.8 Å². The predicted octanol–water partition coefficient (Wildman–Crippen LogP) is 1.17. The van der Waals surface area contributed by atoms with E-state index in [0.717, 1.165) is 32.5 Å². The largest absolute Gasteiger partial charge is 0.354 e. The van der Waals surface area contributed by atoms with Crippen LogP contribution in [0.5, 0.6) is 0 Å². The molecule has 0 radical (unpaired) electrons. The zero-order valence-corrected chi connectivity index (χ0v) is 23.8. The van der Waals surface area contributed by atoms with Gasteiger partial charge < -0.3 is 26.2 Å². The third-order valence-electron chi connectivity index (χ3n) is 8.05. The minimum Gasteiger partial charge on any atom is -0.338 e. The molecule has 2 aliphatic heterocycles. The highest BCUT2D eigenvalue weighted by atomic mass is 35.5. The molecular weight excluding hydrogens is 539 g/mol. The van der Waals surface area contributed by atoms with Gasteiger partial charge in [0.1, 0.15) is 11.6 Å². The first-order chi connectivity index (χ1) is 18.4. The van der Waals surface area contributed by atoms with Gasteiger partial charge in [-0.05, 0) is 69.3 Å². The number of hydrogen-bond acceptors (Lipinski definition) is 7. The van der Waals surface area contributed by atoms with Gasteiger partial charge in [-0.3, -0.25) is 14.7 Å². The molecule has 0 spiro atoms. The van der Waals surface area contributed by atoms with Gasteiger partial charge >= 0.3 is 11.7 Å². The minimum atomic E-state index is -0.969. The average molecular weight is 577 g/mol. The van der Waals surface area contributed by atoms with Crippen LogP contribution in [0.15, 0.2) is 35.3 Å². The Morgan fingerprint density at radius 1 is 1.15 bits per heavy atom. The van der Waals surface area contributed by atoms with Gasteiger partial charge in [0.15, 0.2) is 0 Å². The van der Waals surface area contributed by atoms with Crippen LogP contribution in [0, 0.1) is 11.7 Å². The van der Waals surface area contributed by atoms with E-state index in [2.05, 4.69) is 15.2 Å². The van der Waals surface area contributed by atoms with E-state index in [-0.39, 0.29) is 35.5 Å². The van der Waals surface area contributed by atoms with E-state index >= 15 is 0 Å². The normalized spacial score (nSPS) is 22.8. The Hall–Kier alpha value is -3.06. The maximum Gasteiger partial charge on any atom is 0.354 e. The number of carbonyl (C=O) groups is 2. The van der Waals surface area contributed by atoms with E-state index in [1.165, 1.54) is 22.9 Å². The highest BCUT2D eigenvalue weighted by Gasteiger charge is 2.53. The van der Waals surface area contributed by atoms with E-state index in [9.17, 15) is 18.8 Å². The monoisotopic (exact) mass is 576 g/mol. The first kappa shape index (κ1) is 29.9. The van der Waals surface area contributed by atoms with E-state index < -0.39 is 17.3 Å². The summed E-state index contributed by atoms with van der Waals surface area (Å²) in [5, 5.41) is 2.63. The molecule has 40 heavy (non-hydrogen) atoms. The Labute approximate surface area is 239 Å². The lowest BCUT2D eigenvalue weighted by Crippen LogP contribution is -2.58. The van der Waals surface area contributed by atoms with E-state index in [1.54, 1.807) is 35.8 Å². The highest BCUT2D eigenvalue weighted by Crippen LogP contribution is 2.46. The molecule has 11 nitrogen and oxygen atoms in total. The Morgan fingerprint density at radius 3 is 2.48 bits per heavy atom.